The topological polar surface area (TPSA) is 97.1 Å². The molecule has 9 heteroatoms. The molecule has 4 atom stereocenters. The predicted molar refractivity (Wildman–Crippen MR) is 151 cm³/mol. The van der Waals surface area contributed by atoms with Crippen molar-refractivity contribution in [3.05, 3.63) is 60.2 Å². The van der Waals surface area contributed by atoms with Crippen LogP contribution in [0.15, 0.2) is 59.0 Å². The molecule has 3 aromatic rings. The van der Waals surface area contributed by atoms with Crippen molar-refractivity contribution in [2.24, 2.45) is 0 Å². The molecule has 1 unspecified atom stereocenters. The highest BCUT2D eigenvalue weighted by Gasteiger charge is 2.66. The minimum atomic E-state index is -0.614. The fraction of sp³-hybridized carbons (Fsp3) is 0.516. The van der Waals surface area contributed by atoms with Crippen LogP contribution in [-0.4, -0.2) is 64.3 Å². The molecule has 9 nitrogen and oxygen atoms in total. The highest BCUT2D eigenvalue weighted by molar-refractivity contribution is 5.86. The summed E-state index contributed by atoms with van der Waals surface area (Å²) < 4.78 is 18.1. The van der Waals surface area contributed by atoms with Gasteiger partial charge in [0.05, 0.1) is 18.2 Å². The third-order valence-corrected chi connectivity index (χ3v) is 8.11. The molecular formula is C31H38N4O5. The van der Waals surface area contributed by atoms with Crippen LogP contribution in [0, 0.1) is 0 Å². The Hall–Kier alpha value is -3.59. The van der Waals surface area contributed by atoms with E-state index in [4.69, 9.17) is 13.9 Å². The van der Waals surface area contributed by atoms with Crippen LogP contribution in [0.25, 0.3) is 11.1 Å². The predicted octanol–water partition coefficient (Wildman–Crippen LogP) is 5.04. The summed E-state index contributed by atoms with van der Waals surface area (Å²) in [6.07, 6.45) is 3.55. The largest absolute Gasteiger partial charge is 0.444 e. The lowest BCUT2D eigenvalue weighted by molar-refractivity contribution is -0.123. The Morgan fingerprint density at radius 2 is 1.85 bits per heavy atom. The van der Waals surface area contributed by atoms with E-state index >= 15 is 0 Å². The summed E-state index contributed by atoms with van der Waals surface area (Å²) in [5, 5.41) is 3.26. The van der Waals surface area contributed by atoms with Crippen LogP contribution < -0.4 is 10.2 Å². The Labute approximate surface area is 234 Å². The summed E-state index contributed by atoms with van der Waals surface area (Å²) in [4.78, 5) is 35.4. The molecular weight excluding hydrogens is 508 g/mol. The second-order valence-electron chi connectivity index (χ2n) is 12.3. The van der Waals surface area contributed by atoms with Crippen molar-refractivity contribution in [3.8, 4) is 0 Å². The Morgan fingerprint density at radius 3 is 2.62 bits per heavy atom. The standard InChI is InChI=1S/C31H38N4O5/c1-30(2,3)40-29(37)35-19-22(17-31(35)18-26(31)38-20-21-11-5-4-6-12-21)32-27(36)24-14-9-10-16-34(24)28-33-23-13-7-8-15-25(23)39-28/h4-8,11-13,15,22,24,26H,9-10,14,16-20H2,1-3H3,(H,32,36)/t22-,24+,26-,31?/m1/s1. The minimum absolute atomic E-state index is 0.0597. The van der Waals surface area contributed by atoms with Crippen molar-refractivity contribution in [3.63, 3.8) is 0 Å². The number of hydrogen-bond acceptors (Lipinski definition) is 7. The van der Waals surface area contributed by atoms with Gasteiger partial charge >= 0.3 is 6.09 Å². The molecule has 2 saturated heterocycles. The molecule has 1 aliphatic carbocycles. The molecule has 2 aromatic carbocycles. The van der Waals surface area contributed by atoms with Crippen molar-refractivity contribution in [2.75, 3.05) is 18.0 Å². The van der Waals surface area contributed by atoms with Crippen molar-refractivity contribution in [1.82, 2.24) is 15.2 Å². The number of nitrogens with zero attached hydrogens (tertiary/aromatic N) is 3. The first kappa shape index (κ1) is 26.6. The van der Waals surface area contributed by atoms with Gasteiger partial charge in [-0.25, -0.2) is 4.79 Å². The lowest BCUT2D eigenvalue weighted by Crippen LogP contribution is -2.52. The van der Waals surface area contributed by atoms with Gasteiger partial charge in [-0.15, -0.1) is 0 Å². The molecule has 1 saturated carbocycles. The summed E-state index contributed by atoms with van der Waals surface area (Å²) in [5.74, 6) is -0.0597. The zero-order chi connectivity index (χ0) is 27.9. The molecule has 40 heavy (non-hydrogen) atoms. The summed E-state index contributed by atoms with van der Waals surface area (Å²) in [5.41, 5.74) is 1.50. The Morgan fingerprint density at radius 1 is 1.07 bits per heavy atom. The fourth-order valence-corrected chi connectivity index (χ4v) is 6.13. The number of carbonyl (C=O) groups excluding carboxylic acids is 2. The maximum atomic E-state index is 13.7. The van der Waals surface area contributed by atoms with E-state index in [0.717, 1.165) is 36.8 Å². The summed E-state index contributed by atoms with van der Waals surface area (Å²) >= 11 is 0. The van der Waals surface area contributed by atoms with Crippen LogP contribution in [-0.2, 0) is 20.9 Å². The molecule has 3 fully saturated rings. The number of hydrogen-bond donors (Lipinski definition) is 1. The molecule has 1 aromatic heterocycles. The first-order valence-corrected chi connectivity index (χ1v) is 14.3. The monoisotopic (exact) mass is 546 g/mol. The van der Waals surface area contributed by atoms with Crippen molar-refractivity contribution in [1.29, 1.82) is 0 Å². The molecule has 1 N–H and O–H groups in total. The second kappa shape index (κ2) is 10.4. The number of likely N-dealkylation sites (tertiary alicyclic amines) is 1. The molecule has 1 spiro atoms. The Bertz CT molecular complexity index is 1340. The van der Waals surface area contributed by atoms with Gasteiger partial charge in [0.15, 0.2) is 5.58 Å². The number of carbonyl (C=O) groups is 2. The number of para-hydroxylation sites is 2. The van der Waals surface area contributed by atoms with Gasteiger partial charge in [0.1, 0.15) is 17.2 Å². The van der Waals surface area contributed by atoms with Crippen LogP contribution in [0.3, 0.4) is 0 Å². The molecule has 0 bridgehead atoms. The summed E-state index contributed by atoms with van der Waals surface area (Å²) in [7, 11) is 0. The molecule has 2 aliphatic heterocycles. The number of amides is 2. The number of oxazole rings is 1. The van der Waals surface area contributed by atoms with Crippen molar-refractivity contribution in [2.45, 2.75) is 88.8 Å². The van der Waals surface area contributed by atoms with Crippen LogP contribution in [0.4, 0.5) is 10.8 Å². The number of fused-ring (bicyclic) bond motifs is 1. The minimum Gasteiger partial charge on any atom is -0.444 e. The Balaban J connectivity index is 1.16. The van der Waals surface area contributed by atoms with Crippen LogP contribution in [0.5, 0.6) is 0 Å². The number of ether oxygens (including phenoxy) is 2. The van der Waals surface area contributed by atoms with E-state index in [1.54, 1.807) is 4.90 Å². The third kappa shape index (κ3) is 5.39. The van der Waals surface area contributed by atoms with Crippen LogP contribution in [0.2, 0.25) is 0 Å². The van der Waals surface area contributed by atoms with Crippen LogP contribution >= 0.6 is 0 Å². The van der Waals surface area contributed by atoms with E-state index < -0.39 is 11.1 Å². The van der Waals surface area contributed by atoms with Gasteiger partial charge in [-0.3, -0.25) is 9.69 Å². The maximum Gasteiger partial charge on any atom is 0.410 e. The van der Waals surface area contributed by atoms with Gasteiger partial charge in [-0.1, -0.05) is 42.5 Å². The zero-order valence-corrected chi connectivity index (χ0v) is 23.5. The summed E-state index contributed by atoms with van der Waals surface area (Å²) in [6.45, 7) is 7.18. The van der Waals surface area contributed by atoms with Gasteiger partial charge in [0, 0.05) is 25.6 Å². The van der Waals surface area contributed by atoms with E-state index in [2.05, 4.69) is 10.3 Å². The van der Waals surface area contributed by atoms with Crippen molar-refractivity contribution < 1.29 is 23.5 Å². The number of aromatic nitrogens is 1. The number of anilines is 1. The smallest absolute Gasteiger partial charge is 0.410 e. The number of nitrogens with one attached hydrogen (secondary N) is 1. The molecule has 3 heterocycles. The zero-order valence-electron chi connectivity index (χ0n) is 23.5. The number of piperidine rings is 1. The molecule has 212 valence electrons. The van der Waals surface area contributed by atoms with Gasteiger partial charge in [0.2, 0.25) is 5.91 Å². The highest BCUT2D eigenvalue weighted by atomic mass is 16.6. The van der Waals surface area contributed by atoms with E-state index in [0.29, 0.717) is 37.7 Å². The second-order valence-corrected chi connectivity index (χ2v) is 12.3. The molecule has 2 amide bonds. The van der Waals surface area contributed by atoms with E-state index in [1.807, 2.05) is 80.3 Å². The highest BCUT2D eigenvalue weighted by Crippen LogP contribution is 2.52. The molecule has 3 aliphatic rings. The lowest BCUT2D eigenvalue weighted by atomic mass is 10.0. The lowest BCUT2D eigenvalue weighted by Gasteiger charge is -2.34. The quantitative estimate of drug-likeness (QED) is 0.463. The van der Waals surface area contributed by atoms with Gasteiger partial charge in [-0.2, -0.15) is 4.98 Å². The summed E-state index contributed by atoms with van der Waals surface area (Å²) in [6, 6.07) is 17.6. The average Bonchev–Trinajstić information content (AvgIpc) is 3.26. The van der Waals surface area contributed by atoms with Crippen LogP contribution in [0.1, 0.15) is 58.4 Å². The van der Waals surface area contributed by atoms with Gasteiger partial charge in [-0.05, 0) is 64.2 Å². The maximum absolute atomic E-state index is 13.7. The SMILES string of the molecule is CC(C)(C)OC(=O)N1C[C@H](NC(=O)[C@@H]2CCCCN2c2nc3ccccc3o2)CC12C[C@H]2OCc1ccccc1. The normalized spacial score (nSPS) is 26.3. The van der Waals surface area contributed by atoms with E-state index in [-0.39, 0.29) is 30.2 Å². The number of rotatable bonds is 6. The first-order chi connectivity index (χ1) is 19.2. The first-order valence-electron chi connectivity index (χ1n) is 14.3. The van der Waals surface area contributed by atoms with E-state index in [9.17, 15) is 9.59 Å². The molecule has 0 radical (unpaired) electrons. The third-order valence-electron chi connectivity index (χ3n) is 8.11. The fourth-order valence-electron chi connectivity index (χ4n) is 6.13. The Kier molecular flexibility index (Phi) is 6.94. The van der Waals surface area contributed by atoms with Gasteiger partial charge in [0.25, 0.3) is 6.01 Å². The van der Waals surface area contributed by atoms with Crippen molar-refractivity contribution >= 4 is 29.1 Å². The van der Waals surface area contributed by atoms with Gasteiger partial charge < -0.3 is 24.1 Å². The van der Waals surface area contributed by atoms with E-state index in [1.165, 1.54) is 0 Å². The average molecular weight is 547 g/mol. The number of benzene rings is 2. The molecule has 6 rings (SSSR count).